The molecule has 1 fully saturated rings. The molecule has 0 bridgehead atoms. The number of nitrogens with zero attached hydrogens (tertiary/aromatic N) is 2. The van der Waals surface area contributed by atoms with Gasteiger partial charge >= 0.3 is 0 Å². The van der Waals surface area contributed by atoms with Gasteiger partial charge in [-0.05, 0) is 24.1 Å². The van der Waals surface area contributed by atoms with Gasteiger partial charge in [0.15, 0.2) is 6.10 Å². The van der Waals surface area contributed by atoms with Crippen LogP contribution in [-0.2, 0) is 16.1 Å². The number of hydrogen-bond acceptors (Lipinski definition) is 4. The fraction of sp³-hybridized carbons (Fsp3) is 0.364. The molecule has 2 aromatic carbocycles. The van der Waals surface area contributed by atoms with Crippen LogP contribution in [0.4, 0.5) is 5.69 Å². The van der Waals surface area contributed by atoms with Crippen molar-refractivity contribution >= 4 is 17.5 Å². The maximum Gasteiger partial charge on any atom is 0.263 e. The van der Waals surface area contributed by atoms with Crippen molar-refractivity contribution in [3.05, 3.63) is 60.2 Å². The van der Waals surface area contributed by atoms with E-state index in [9.17, 15) is 9.59 Å². The van der Waals surface area contributed by atoms with E-state index in [1.807, 2.05) is 36.4 Å². The first kappa shape index (κ1) is 18.5. The summed E-state index contributed by atoms with van der Waals surface area (Å²) in [5.41, 5.74) is 1.99. The first-order valence-electron chi connectivity index (χ1n) is 9.70. The van der Waals surface area contributed by atoms with E-state index in [1.54, 1.807) is 11.0 Å². The molecule has 2 amide bonds. The van der Waals surface area contributed by atoms with Gasteiger partial charge in [0.05, 0.1) is 12.2 Å². The van der Waals surface area contributed by atoms with Crippen molar-refractivity contribution in [2.45, 2.75) is 32.0 Å². The lowest BCUT2D eigenvalue weighted by molar-refractivity contribution is -0.128. The maximum atomic E-state index is 12.8. The molecule has 1 N–H and O–H groups in total. The fourth-order valence-corrected chi connectivity index (χ4v) is 3.90. The number of para-hydroxylation sites is 2. The SMILES string of the molecule is CC(=O)N1C[C@@H](C(=O)N[C@@H]2CCN(Cc3ccccc3)C2)Oc2ccccc21. The molecule has 2 aliphatic heterocycles. The maximum absolute atomic E-state index is 12.8. The third-order valence-electron chi connectivity index (χ3n) is 5.31. The second-order valence-corrected chi connectivity index (χ2v) is 7.42. The molecule has 0 aromatic heterocycles. The number of rotatable bonds is 4. The van der Waals surface area contributed by atoms with Crippen LogP contribution in [0.5, 0.6) is 5.75 Å². The highest BCUT2D eigenvalue weighted by atomic mass is 16.5. The monoisotopic (exact) mass is 379 g/mol. The second-order valence-electron chi connectivity index (χ2n) is 7.42. The molecule has 4 rings (SSSR count). The molecule has 0 aliphatic carbocycles. The molecular formula is C22H25N3O3. The Hall–Kier alpha value is -2.86. The van der Waals surface area contributed by atoms with Crippen LogP contribution in [0.1, 0.15) is 18.9 Å². The summed E-state index contributed by atoms with van der Waals surface area (Å²) in [6.07, 6.45) is 0.222. The van der Waals surface area contributed by atoms with Crippen LogP contribution >= 0.6 is 0 Å². The van der Waals surface area contributed by atoms with Crippen LogP contribution in [0.15, 0.2) is 54.6 Å². The van der Waals surface area contributed by atoms with Crippen LogP contribution in [0, 0.1) is 0 Å². The smallest absolute Gasteiger partial charge is 0.263 e. The van der Waals surface area contributed by atoms with Crippen molar-refractivity contribution in [3.63, 3.8) is 0 Å². The zero-order valence-electron chi connectivity index (χ0n) is 16.0. The minimum absolute atomic E-state index is 0.0940. The molecule has 2 heterocycles. The molecule has 0 saturated carbocycles. The van der Waals surface area contributed by atoms with E-state index in [2.05, 4.69) is 22.3 Å². The van der Waals surface area contributed by atoms with Crippen LogP contribution in [0.3, 0.4) is 0 Å². The van der Waals surface area contributed by atoms with E-state index < -0.39 is 6.10 Å². The number of anilines is 1. The Balaban J connectivity index is 1.36. The summed E-state index contributed by atoms with van der Waals surface area (Å²) in [7, 11) is 0. The zero-order valence-corrected chi connectivity index (χ0v) is 16.0. The fourth-order valence-electron chi connectivity index (χ4n) is 3.90. The molecule has 2 aliphatic rings. The second kappa shape index (κ2) is 8.02. The highest BCUT2D eigenvalue weighted by Gasteiger charge is 2.34. The molecule has 28 heavy (non-hydrogen) atoms. The van der Waals surface area contributed by atoms with Crippen LogP contribution in [0.2, 0.25) is 0 Å². The van der Waals surface area contributed by atoms with Crippen molar-refractivity contribution in [2.75, 3.05) is 24.5 Å². The summed E-state index contributed by atoms with van der Waals surface area (Å²) >= 11 is 0. The van der Waals surface area contributed by atoms with E-state index in [4.69, 9.17) is 4.74 Å². The highest BCUT2D eigenvalue weighted by Crippen LogP contribution is 2.33. The number of amides is 2. The largest absolute Gasteiger partial charge is 0.477 e. The van der Waals surface area contributed by atoms with E-state index in [0.29, 0.717) is 11.4 Å². The number of hydrogen-bond donors (Lipinski definition) is 1. The van der Waals surface area contributed by atoms with Crippen molar-refractivity contribution in [2.24, 2.45) is 0 Å². The lowest BCUT2D eigenvalue weighted by atomic mass is 10.1. The number of benzene rings is 2. The minimum Gasteiger partial charge on any atom is -0.477 e. The summed E-state index contributed by atoms with van der Waals surface area (Å²) in [6, 6.07) is 17.8. The molecule has 2 atom stereocenters. The third kappa shape index (κ3) is 4.02. The lowest BCUT2D eigenvalue weighted by Gasteiger charge is -2.34. The Kier molecular flexibility index (Phi) is 5.30. The average Bonchev–Trinajstić information content (AvgIpc) is 3.14. The zero-order chi connectivity index (χ0) is 19.5. The van der Waals surface area contributed by atoms with Crippen molar-refractivity contribution in [1.29, 1.82) is 0 Å². The summed E-state index contributed by atoms with van der Waals surface area (Å²) in [5, 5.41) is 3.11. The Labute approximate surface area is 165 Å². The summed E-state index contributed by atoms with van der Waals surface area (Å²) in [5.74, 6) is 0.317. The molecule has 0 radical (unpaired) electrons. The van der Waals surface area contributed by atoms with Gasteiger partial charge in [0.2, 0.25) is 5.91 Å². The summed E-state index contributed by atoms with van der Waals surface area (Å²) in [6.45, 7) is 4.40. The Bertz CT molecular complexity index is 855. The average molecular weight is 379 g/mol. The molecule has 146 valence electrons. The van der Waals surface area contributed by atoms with E-state index >= 15 is 0 Å². The number of nitrogens with one attached hydrogen (secondary N) is 1. The summed E-state index contributed by atoms with van der Waals surface area (Å²) < 4.78 is 5.89. The van der Waals surface area contributed by atoms with Gasteiger partial charge in [-0.2, -0.15) is 0 Å². The topological polar surface area (TPSA) is 61.9 Å². The molecule has 0 spiro atoms. The molecule has 2 aromatic rings. The highest BCUT2D eigenvalue weighted by molar-refractivity contribution is 5.95. The first-order valence-corrected chi connectivity index (χ1v) is 9.70. The van der Waals surface area contributed by atoms with Gasteiger partial charge in [-0.15, -0.1) is 0 Å². The normalized spacial score (nSPS) is 21.7. The molecule has 6 nitrogen and oxygen atoms in total. The van der Waals surface area contributed by atoms with Crippen molar-refractivity contribution in [1.82, 2.24) is 10.2 Å². The van der Waals surface area contributed by atoms with E-state index in [0.717, 1.165) is 26.1 Å². The van der Waals surface area contributed by atoms with Crippen molar-refractivity contribution in [3.8, 4) is 5.75 Å². The number of likely N-dealkylation sites (tertiary alicyclic amines) is 1. The van der Waals surface area contributed by atoms with Crippen LogP contribution in [-0.4, -0.2) is 48.5 Å². The van der Waals surface area contributed by atoms with Crippen LogP contribution < -0.4 is 15.0 Å². The molecular weight excluding hydrogens is 354 g/mol. The van der Waals surface area contributed by atoms with Gasteiger partial charge in [0, 0.05) is 32.6 Å². The van der Waals surface area contributed by atoms with Crippen LogP contribution in [0.25, 0.3) is 0 Å². The third-order valence-corrected chi connectivity index (χ3v) is 5.31. The van der Waals surface area contributed by atoms with Gasteiger partial charge in [-0.1, -0.05) is 42.5 Å². The first-order chi connectivity index (χ1) is 13.6. The number of fused-ring (bicyclic) bond motifs is 1. The van der Waals surface area contributed by atoms with E-state index in [-0.39, 0.29) is 24.4 Å². The summed E-state index contributed by atoms with van der Waals surface area (Å²) in [4.78, 5) is 28.8. The Morgan fingerprint density at radius 3 is 2.61 bits per heavy atom. The molecule has 0 unspecified atom stereocenters. The predicted octanol–water partition coefficient (Wildman–Crippen LogP) is 2.19. The quantitative estimate of drug-likeness (QED) is 0.885. The van der Waals surface area contributed by atoms with Gasteiger partial charge in [0.1, 0.15) is 5.75 Å². The molecule has 6 heteroatoms. The number of ether oxygens (including phenoxy) is 1. The van der Waals surface area contributed by atoms with Gasteiger partial charge < -0.3 is 15.0 Å². The predicted molar refractivity (Wildman–Crippen MR) is 107 cm³/mol. The number of carbonyl (C=O) groups excluding carboxylic acids is 2. The van der Waals surface area contributed by atoms with Gasteiger partial charge in [0.25, 0.3) is 5.91 Å². The minimum atomic E-state index is -0.693. The van der Waals surface area contributed by atoms with E-state index in [1.165, 1.54) is 12.5 Å². The standard InChI is InChI=1S/C22H25N3O3/c1-16(26)25-15-21(28-20-10-6-5-9-19(20)25)22(27)23-18-11-12-24(14-18)13-17-7-3-2-4-8-17/h2-10,18,21H,11-15H2,1H3,(H,23,27)/t18-,21+/m1/s1. The lowest BCUT2D eigenvalue weighted by Crippen LogP contribution is -2.52. The Morgan fingerprint density at radius 1 is 1.07 bits per heavy atom. The Morgan fingerprint density at radius 2 is 1.82 bits per heavy atom. The van der Waals surface area contributed by atoms with Crippen molar-refractivity contribution < 1.29 is 14.3 Å². The molecule has 1 saturated heterocycles. The van der Waals surface area contributed by atoms with Gasteiger partial charge in [-0.25, -0.2) is 0 Å². The van der Waals surface area contributed by atoms with Gasteiger partial charge in [-0.3, -0.25) is 14.5 Å². The number of carbonyl (C=O) groups is 2.